The molecule has 1 saturated carbocycles. The van der Waals surface area contributed by atoms with E-state index in [-0.39, 0.29) is 24.1 Å². The van der Waals surface area contributed by atoms with Crippen molar-refractivity contribution in [3.8, 4) is 11.8 Å². The van der Waals surface area contributed by atoms with Crippen LogP contribution in [0.15, 0.2) is 18.2 Å². The van der Waals surface area contributed by atoms with Crippen LogP contribution < -0.4 is 11.1 Å². The smallest absolute Gasteiger partial charge is 0.227 e. The number of benzene rings is 1. The number of carbonyl (C=O) groups excluding carboxylic acids is 1. The predicted molar refractivity (Wildman–Crippen MR) is 72.9 cm³/mol. The first-order valence-electron chi connectivity index (χ1n) is 6.50. The van der Waals surface area contributed by atoms with Crippen LogP contribution in [0.4, 0.5) is 10.1 Å². The quantitative estimate of drug-likeness (QED) is 0.801. The number of hydrogen-bond acceptors (Lipinski definition) is 2. The standard InChI is InChI=1S/C15H17FN2O/c16-13-10-11(4-3-9-17)7-8-14(13)18-15(19)12-5-1-2-6-12/h7-8,10,12H,1-2,5-6,9,17H2,(H,18,19). The fourth-order valence-electron chi connectivity index (χ4n) is 2.27. The zero-order valence-corrected chi connectivity index (χ0v) is 10.7. The van der Waals surface area contributed by atoms with Gasteiger partial charge < -0.3 is 11.1 Å². The Labute approximate surface area is 112 Å². The Kier molecular flexibility index (Phi) is 4.53. The van der Waals surface area contributed by atoms with Crippen molar-refractivity contribution in [2.24, 2.45) is 11.7 Å². The molecule has 0 spiro atoms. The van der Waals surface area contributed by atoms with Crippen LogP contribution in [0.5, 0.6) is 0 Å². The fraction of sp³-hybridized carbons (Fsp3) is 0.400. The monoisotopic (exact) mass is 260 g/mol. The Balaban J connectivity index is 2.06. The van der Waals surface area contributed by atoms with Crippen LogP contribution in [0.3, 0.4) is 0 Å². The zero-order chi connectivity index (χ0) is 13.7. The van der Waals surface area contributed by atoms with Gasteiger partial charge in [0.1, 0.15) is 5.82 Å². The number of hydrogen-bond donors (Lipinski definition) is 2. The Morgan fingerprint density at radius 3 is 2.79 bits per heavy atom. The summed E-state index contributed by atoms with van der Waals surface area (Å²) >= 11 is 0. The summed E-state index contributed by atoms with van der Waals surface area (Å²) in [5, 5.41) is 2.65. The van der Waals surface area contributed by atoms with Gasteiger partial charge in [-0.2, -0.15) is 0 Å². The number of amides is 1. The van der Waals surface area contributed by atoms with Gasteiger partial charge >= 0.3 is 0 Å². The molecule has 0 unspecified atom stereocenters. The maximum atomic E-state index is 13.8. The van der Waals surface area contributed by atoms with Gasteiger partial charge in [0.15, 0.2) is 0 Å². The molecular weight excluding hydrogens is 243 g/mol. The summed E-state index contributed by atoms with van der Waals surface area (Å²) < 4.78 is 13.8. The number of halogens is 1. The van der Waals surface area contributed by atoms with Gasteiger partial charge in [0.05, 0.1) is 12.2 Å². The second-order valence-corrected chi connectivity index (χ2v) is 4.67. The van der Waals surface area contributed by atoms with Crippen molar-refractivity contribution in [1.82, 2.24) is 0 Å². The van der Waals surface area contributed by atoms with Gasteiger partial charge in [-0.3, -0.25) is 4.79 Å². The molecule has 0 saturated heterocycles. The topological polar surface area (TPSA) is 55.1 Å². The average molecular weight is 260 g/mol. The van der Waals surface area contributed by atoms with Crippen LogP contribution in [-0.4, -0.2) is 12.5 Å². The van der Waals surface area contributed by atoms with E-state index in [1.54, 1.807) is 12.1 Å². The van der Waals surface area contributed by atoms with Crippen LogP contribution in [0.1, 0.15) is 31.2 Å². The summed E-state index contributed by atoms with van der Waals surface area (Å²) in [5.41, 5.74) is 6.03. The van der Waals surface area contributed by atoms with Crippen LogP contribution in [0.2, 0.25) is 0 Å². The van der Waals surface area contributed by atoms with E-state index < -0.39 is 5.82 Å². The largest absolute Gasteiger partial charge is 0.323 e. The van der Waals surface area contributed by atoms with Gasteiger partial charge in [0.25, 0.3) is 0 Å². The van der Waals surface area contributed by atoms with E-state index in [2.05, 4.69) is 17.2 Å². The number of nitrogens with two attached hydrogens (primary N) is 1. The summed E-state index contributed by atoms with van der Waals surface area (Å²) in [6.45, 7) is 0.238. The summed E-state index contributed by atoms with van der Waals surface area (Å²) in [5.74, 6) is 4.89. The first-order chi connectivity index (χ1) is 9.20. The van der Waals surface area contributed by atoms with Gasteiger partial charge in [-0.15, -0.1) is 0 Å². The number of anilines is 1. The van der Waals surface area contributed by atoms with Crippen molar-refractivity contribution in [3.63, 3.8) is 0 Å². The molecule has 4 heteroatoms. The molecule has 1 fully saturated rings. The molecule has 0 radical (unpaired) electrons. The summed E-state index contributed by atoms with van der Waals surface area (Å²) in [6.07, 6.45) is 3.95. The molecule has 100 valence electrons. The highest BCUT2D eigenvalue weighted by atomic mass is 19.1. The predicted octanol–water partition coefficient (Wildman–Crippen LogP) is 2.26. The van der Waals surface area contributed by atoms with Gasteiger partial charge in [-0.25, -0.2) is 4.39 Å². The lowest BCUT2D eigenvalue weighted by molar-refractivity contribution is -0.119. The highest BCUT2D eigenvalue weighted by molar-refractivity contribution is 5.92. The molecule has 19 heavy (non-hydrogen) atoms. The van der Waals surface area contributed by atoms with Crippen LogP contribution in [0.25, 0.3) is 0 Å². The Morgan fingerprint density at radius 1 is 1.42 bits per heavy atom. The van der Waals surface area contributed by atoms with Crippen LogP contribution >= 0.6 is 0 Å². The van der Waals surface area contributed by atoms with Crippen LogP contribution in [-0.2, 0) is 4.79 Å². The second-order valence-electron chi connectivity index (χ2n) is 4.67. The highest BCUT2D eigenvalue weighted by Gasteiger charge is 2.23. The van der Waals surface area contributed by atoms with Crippen molar-refractivity contribution in [2.45, 2.75) is 25.7 Å². The molecule has 1 aliphatic carbocycles. The van der Waals surface area contributed by atoms with E-state index in [1.807, 2.05) is 0 Å². The minimum Gasteiger partial charge on any atom is -0.323 e. The summed E-state index contributed by atoms with van der Waals surface area (Å²) in [6, 6.07) is 4.53. The Bertz CT molecular complexity index is 525. The lowest BCUT2D eigenvalue weighted by atomic mass is 10.1. The third-order valence-electron chi connectivity index (χ3n) is 3.29. The van der Waals surface area contributed by atoms with Crippen molar-refractivity contribution in [3.05, 3.63) is 29.6 Å². The van der Waals surface area contributed by atoms with Gasteiger partial charge in [-0.1, -0.05) is 24.7 Å². The molecule has 0 aromatic heterocycles. The number of carbonyl (C=O) groups is 1. The molecule has 0 atom stereocenters. The van der Waals surface area contributed by atoms with E-state index in [0.29, 0.717) is 5.56 Å². The summed E-state index contributed by atoms with van der Waals surface area (Å²) in [7, 11) is 0. The Hall–Kier alpha value is -1.86. The molecule has 3 nitrogen and oxygen atoms in total. The lowest BCUT2D eigenvalue weighted by Crippen LogP contribution is -2.20. The minimum atomic E-state index is -0.463. The van der Waals surface area contributed by atoms with Crippen molar-refractivity contribution >= 4 is 11.6 Å². The maximum Gasteiger partial charge on any atom is 0.227 e. The summed E-state index contributed by atoms with van der Waals surface area (Å²) in [4.78, 5) is 11.9. The lowest BCUT2D eigenvalue weighted by Gasteiger charge is -2.11. The number of rotatable bonds is 2. The molecule has 0 aliphatic heterocycles. The van der Waals surface area contributed by atoms with Crippen molar-refractivity contribution in [1.29, 1.82) is 0 Å². The van der Waals surface area contributed by atoms with Crippen LogP contribution in [0, 0.1) is 23.6 Å². The molecule has 2 rings (SSSR count). The van der Waals surface area contributed by atoms with E-state index in [0.717, 1.165) is 25.7 Å². The zero-order valence-electron chi connectivity index (χ0n) is 10.7. The number of nitrogens with one attached hydrogen (secondary N) is 1. The third kappa shape index (κ3) is 3.55. The van der Waals surface area contributed by atoms with E-state index >= 15 is 0 Å². The van der Waals surface area contributed by atoms with Gasteiger partial charge in [-0.05, 0) is 31.0 Å². The second kappa shape index (κ2) is 6.35. The molecule has 1 aromatic carbocycles. The normalized spacial score (nSPS) is 14.8. The Morgan fingerprint density at radius 2 is 2.16 bits per heavy atom. The molecule has 1 amide bonds. The SMILES string of the molecule is NCC#Cc1ccc(NC(=O)C2CCCC2)c(F)c1. The van der Waals surface area contributed by atoms with Crippen molar-refractivity contribution in [2.75, 3.05) is 11.9 Å². The third-order valence-corrected chi connectivity index (χ3v) is 3.29. The van der Waals surface area contributed by atoms with E-state index in [9.17, 15) is 9.18 Å². The van der Waals surface area contributed by atoms with E-state index in [1.165, 1.54) is 6.07 Å². The molecule has 1 aliphatic rings. The van der Waals surface area contributed by atoms with Crippen molar-refractivity contribution < 1.29 is 9.18 Å². The molecule has 1 aromatic rings. The molecule has 3 N–H and O–H groups in total. The molecule has 0 bridgehead atoms. The van der Waals surface area contributed by atoms with E-state index in [4.69, 9.17) is 5.73 Å². The molecular formula is C15H17FN2O. The maximum absolute atomic E-state index is 13.8. The first-order valence-corrected chi connectivity index (χ1v) is 6.50. The molecule has 0 heterocycles. The average Bonchev–Trinajstić information content (AvgIpc) is 2.93. The first kappa shape index (κ1) is 13.6. The highest BCUT2D eigenvalue weighted by Crippen LogP contribution is 2.26. The van der Waals surface area contributed by atoms with Gasteiger partial charge in [0.2, 0.25) is 5.91 Å². The fourth-order valence-corrected chi connectivity index (χ4v) is 2.27. The van der Waals surface area contributed by atoms with Gasteiger partial charge in [0, 0.05) is 11.5 Å². The minimum absolute atomic E-state index is 0.0242.